The number of amides is 2. The smallest absolute Gasteiger partial charge is 0.310 e. The van der Waals surface area contributed by atoms with Crippen molar-refractivity contribution in [2.45, 2.75) is 43.9 Å². The number of carbonyl (C=O) groups is 3. The summed E-state index contributed by atoms with van der Waals surface area (Å²) in [6.45, 7) is 7.27. The van der Waals surface area contributed by atoms with Gasteiger partial charge in [-0.3, -0.25) is 14.4 Å². The first-order valence-electron chi connectivity index (χ1n) is 15.2. The summed E-state index contributed by atoms with van der Waals surface area (Å²) in [5, 5.41) is 15.7. The van der Waals surface area contributed by atoms with Gasteiger partial charge in [-0.1, -0.05) is 103 Å². The van der Waals surface area contributed by atoms with Crippen LogP contribution in [0.2, 0.25) is 0 Å². The fourth-order valence-corrected chi connectivity index (χ4v) is 5.14. The molecule has 0 radical (unpaired) electrons. The highest BCUT2D eigenvalue weighted by molar-refractivity contribution is 6.00. The van der Waals surface area contributed by atoms with Crippen LogP contribution in [0.3, 0.4) is 0 Å². The highest BCUT2D eigenvalue weighted by atomic mass is 16.5. The molecule has 45 heavy (non-hydrogen) atoms. The van der Waals surface area contributed by atoms with Crippen LogP contribution in [0.15, 0.2) is 116 Å². The van der Waals surface area contributed by atoms with Gasteiger partial charge in [0.15, 0.2) is 0 Å². The molecule has 3 aromatic rings. The molecule has 238 valence electrons. The van der Waals surface area contributed by atoms with E-state index in [1.165, 1.54) is 13.2 Å². The number of nitrogens with one attached hydrogen (secondary N) is 2. The van der Waals surface area contributed by atoms with Crippen molar-refractivity contribution in [1.29, 1.82) is 0 Å². The topological polar surface area (TPSA) is 114 Å². The highest BCUT2D eigenvalue weighted by Gasteiger charge is 2.35. The fraction of sp³-hybridized carbons (Fsp3) is 0.324. The molecule has 0 saturated heterocycles. The fourth-order valence-electron chi connectivity index (χ4n) is 5.14. The van der Waals surface area contributed by atoms with Crippen molar-refractivity contribution in [2.75, 3.05) is 20.3 Å². The molecule has 0 aliphatic rings. The molecule has 0 spiro atoms. The van der Waals surface area contributed by atoms with Crippen molar-refractivity contribution >= 4 is 17.8 Å². The van der Waals surface area contributed by atoms with Gasteiger partial charge in [0, 0.05) is 7.11 Å². The molecule has 0 saturated carbocycles. The number of hydrogen-bond donors (Lipinski definition) is 3. The number of ether oxygens (including phenoxy) is 2. The first-order chi connectivity index (χ1) is 21.9. The summed E-state index contributed by atoms with van der Waals surface area (Å²) in [7, 11) is 1.49. The van der Waals surface area contributed by atoms with Gasteiger partial charge >= 0.3 is 5.97 Å². The van der Waals surface area contributed by atoms with Gasteiger partial charge in [0.1, 0.15) is 12.0 Å². The van der Waals surface area contributed by atoms with Crippen LogP contribution in [0, 0.1) is 11.8 Å². The van der Waals surface area contributed by atoms with Gasteiger partial charge < -0.3 is 25.2 Å². The Bertz CT molecular complexity index is 1350. The zero-order valence-electron chi connectivity index (χ0n) is 25.8. The monoisotopic (exact) mass is 612 g/mol. The third-order valence-electron chi connectivity index (χ3n) is 7.45. The molecule has 0 aliphatic carbocycles. The van der Waals surface area contributed by atoms with E-state index in [4.69, 9.17) is 9.47 Å². The van der Waals surface area contributed by atoms with E-state index in [0.717, 1.165) is 11.1 Å². The molecule has 0 fully saturated rings. The maximum atomic E-state index is 13.7. The molecule has 8 heteroatoms. The van der Waals surface area contributed by atoms with Crippen LogP contribution in [0.5, 0.6) is 0 Å². The Morgan fingerprint density at radius 1 is 0.778 bits per heavy atom. The Kier molecular flexibility index (Phi) is 14.7. The Morgan fingerprint density at radius 2 is 1.31 bits per heavy atom. The van der Waals surface area contributed by atoms with Gasteiger partial charge in [0.05, 0.1) is 31.2 Å². The summed E-state index contributed by atoms with van der Waals surface area (Å²) in [5.74, 6) is -3.18. The van der Waals surface area contributed by atoms with Crippen molar-refractivity contribution in [3.63, 3.8) is 0 Å². The molecule has 8 nitrogen and oxygen atoms in total. The Balaban J connectivity index is 1.82. The van der Waals surface area contributed by atoms with E-state index in [9.17, 15) is 19.5 Å². The first kappa shape index (κ1) is 35.0. The van der Waals surface area contributed by atoms with Crippen molar-refractivity contribution in [1.82, 2.24) is 10.6 Å². The van der Waals surface area contributed by atoms with Crippen LogP contribution in [0.25, 0.3) is 0 Å². The average molecular weight is 613 g/mol. The summed E-state index contributed by atoms with van der Waals surface area (Å²) in [5.41, 5.74) is 2.60. The van der Waals surface area contributed by atoms with E-state index in [2.05, 4.69) is 23.8 Å². The molecular formula is C37H44N2O6. The van der Waals surface area contributed by atoms with E-state index >= 15 is 0 Å². The van der Waals surface area contributed by atoms with Gasteiger partial charge in [0.2, 0.25) is 11.8 Å². The van der Waals surface area contributed by atoms with Gasteiger partial charge in [0.25, 0.3) is 0 Å². The lowest BCUT2D eigenvalue weighted by atomic mass is 9.95. The predicted octanol–water partition coefficient (Wildman–Crippen LogP) is 4.75. The molecule has 0 aromatic heterocycles. The Morgan fingerprint density at radius 3 is 1.84 bits per heavy atom. The van der Waals surface area contributed by atoms with E-state index in [1.807, 2.05) is 91.0 Å². The molecular weight excluding hydrogens is 568 g/mol. The Hall–Kier alpha value is -4.53. The summed E-state index contributed by atoms with van der Waals surface area (Å²) < 4.78 is 11.6. The molecule has 3 N–H and O–H groups in total. The summed E-state index contributed by atoms with van der Waals surface area (Å²) in [4.78, 5) is 40.7. The van der Waals surface area contributed by atoms with Gasteiger partial charge in [-0.2, -0.15) is 0 Å². The van der Waals surface area contributed by atoms with E-state index in [0.29, 0.717) is 24.8 Å². The maximum Gasteiger partial charge on any atom is 0.310 e. The average Bonchev–Trinajstić information content (AvgIpc) is 3.06. The summed E-state index contributed by atoms with van der Waals surface area (Å²) in [6, 6.07) is 26.9. The number of hydrogen-bond acceptors (Lipinski definition) is 6. The summed E-state index contributed by atoms with van der Waals surface area (Å²) >= 11 is 0. The van der Waals surface area contributed by atoms with E-state index in [-0.39, 0.29) is 19.6 Å². The highest BCUT2D eigenvalue weighted by Crippen LogP contribution is 2.26. The first-order valence-corrected chi connectivity index (χ1v) is 15.2. The van der Waals surface area contributed by atoms with Crippen molar-refractivity contribution < 1.29 is 29.0 Å². The van der Waals surface area contributed by atoms with E-state index in [1.54, 1.807) is 6.08 Å². The second-order valence-electron chi connectivity index (χ2n) is 10.9. The summed E-state index contributed by atoms with van der Waals surface area (Å²) in [6.07, 6.45) is 3.63. The molecule has 5 atom stereocenters. The Labute approximate surface area is 266 Å². The number of esters is 1. The zero-order chi connectivity index (χ0) is 32.4. The van der Waals surface area contributed by atoms with Crippen LogP contribution in [-0.2, 0) is 36.7 Å². The van der Waals surface area contributed by atoms with Crippen molar-refractivity contribution in [3.05, 3.63) is 133 Å². The SMILES string of the molecule is C=CCC(C(=O)N[C@@H](CO)Cc1ccccc1)C(=O)N[C@@H](COC)[C@@H](OC(=O)[C@@H](CC=C)Cc1ccccc1)c1ccccc1. The predicted molar refractivity (Wildman–Crippen MR) is 175 cm³/mol. The lowest BCUT2D eigenvalue weighted by Gasteiger charge is -2.30. The van der Waals surface area contributed by atoms with E-state index < -0.39 is 47.8 Å². The molecule has 0 aliphatic heterocycles. The maximum absolute atomic E-state index is 13.7. The minimum atomic E-state index is -1.13. The minimum Gasteiger partial charge on any atom is -0.455 e. The molecule has 3 aromatic carbocycles. The van der Waals surface area contributed by atoms with Crippen molar-refractivity contribution in [3.8, 4) is 0 Å². The molecule has 2 amide bonds. The molecule has 0 bridgehead atoms. The van der Waals surface area contributed by atoms with Gasteiger partial charge in [-0.15, -0.1) is 13.2 Å². The lowest BCUT2D eigenvalue weighted by molar-refractivity contribution is -0.158. The lowest BCUT2D eigenvalue weighted by Crippen LogP contribution is -2.51. The number of aliphatic hydroxyl groups excluding tert-OH is 1. The van der Waals surface area contributed by atoms with Gasteiger partial charge in [-0.25, -0.2) is 0 Å². The number of methoxy groups -OCH3 is 1. The zero-order valence-corrected chi connectivity index (χ0v) is 25.8. The minimum absolute atomic E-state index is 0.0130. The van der Waals surface area contributed by atoms with Gasteiger partial charge in [-0.05, 0) is 42.4 Å². The standard InChI is InChI=1S/C37H44N2O6/c1-4-15-30(23-27-17-9-6-10-18-27)37(43)45-34(29-21-13-8-14-22-29)33(26-44-3)39-36(42)32(16-5-2)35(41)38-31(25-40)24-28-19-11-7-12-20-28/h4-14,17-22,30-34,40H,1-2,15-16,23-26H2,3H3,(H,38,41)(H,39,42)/t30-,31+,32?,33-,34-/m0/s1. The normalized spacial score (nSPS) is 14.2. The quantitative estimate of drug-likeness (QED) is 0.102. The van der Waals surface area contributed by atoms with Crippen molar-refractivity contribution in [2.24, 2.45) is 11.8 Å². The molecule has 0 heterocycles. The number of allylic oxidation sites excluding steroid dienone is 2. The van der Waals surface area contributed by atoms with Crippen LogP contribution in [0.4, 0.5) is 0 Å². The number of carbonyl (C=O) groups excluding carboxylic acids is 3. The number of benzene rings is 3. The third kappa shape index (κ3) is 11.2. The molecule has 3 rings (SSSR count). The van der Waals surface area contributed by atoms with Crippen LogP contribution in [-0.4, -0.2) is 55.3 Å². The largest absolute Gasteiger partial charge is 0.455 e. The molecule has 1 unspecified atom stereocenters. The number of rotatable bonds is 19. The number of aliphatic hydroxyl groups is 1. The van der Waals surface area contributed by atoms with Crippen LogP contribution in [0.1, 0.15) is 35.6 Å². The van der Waals surface area contributed by atoms with Crippen LogP contribution < -0.4 is 10.6 Å². The van der Waals surface area contributed by atoms with Crippen LogP contribution >= 0.6 is 0 Å². The third-order valence-corrected chi connectivity index (χ3v) is 7.45. The second kappa shape index (κ2) is 19.0. The second-order valence-corrected chi connectivity index (χ2v) is 10.9.